The first kappa shape index (κ1) is 10.9. The van der Waals surface area contributed by atoms with Crippen molar-refractivity contribution in [3.63, 3.8) is 0 Å². The third-order valence-corrected chi connectivity index (χ3v) is 2.88. The Bertz CT molecular complexity index is 703. The molecule has 4 heteroatoms. The summed E-state index contributed by atoms with van der Waals surface area (Å²) >= 11 is 0. The van der Waals surface area contributed by atoms with Crippen LogP contribution in [0.1, 0.15) is 5.56 Å². The van der Waals surface area contributed by atoms with Crippen molar-refractivity contribution in [2.45, 2.75) is 6.54 Å². The molecule has 3 N–H and O–H groups in total. The molecule has 18 heavy (non-hydrogen) atoms. The number of aromatic nitrogens is 2. The van der Waals surface area contributed by atoms with Crippen LogP contribution < -0.4 is 5.73 Å². The molecule has 1 aromatic heterocycles. The minimum Gasteiger partial charge on any atom is -0.338 e. The number of hydrogen-bond acceptors (Lipinski definition) is 2. The van der Waals surface area contributed by atoms with E-state index in [1.807, 2.05) is 24.3 Å². The summed E-state index contributed by atoms with van der Waals surface area (Å²) in [5, 5.41) is 0. The second-order valence-corrected chi connectivity index (χ2v) is 4.15. The van der Waals surface area contributed by atoms with Gasteiger partial charge in [-0.25, -0.2) is 9.37 Å². The van der Waals surface area contributed by atoms with Crippen molar-refractivity contribution >= 4 is 11.0 Å². The van der Waals surface area contributed by atoms with Crippen LogP contribution in [0.2, 0.25) is 0 Å². The van der Waals surface area contributed by atoms with Crippen molar-refractivity contribution in [2.75, 3.05) is 0 Å². The molecular weight excluding hydrogens is 229 g/mol. The molecular formula is C14H12FN3. The van der Waals surface area contributed by atoms with E-state index in [1.54, 1.807) is 6.07 Å². The van der Waals surface area contributed by atoms with Crippen LogP contribution in [0, 0.1) is 5.82 Å². The van der Waals surface area contributed by atoms with E-state index in [9.17, 15) is 4.39 Å². The molecule has 2 aromatic carbocycles. The number of nitrogens with one attached hydrogen (secondary N) is 1. The van der Waals surface area contributed by atoms with Gasteiger partial charge in [-0.3, -0.25) is 0 Å². The standard InChI is InChI=1S/C14H12FN3/c15-11-3-1-2-10(7-11)14-17-12-5-4-9(8-16)6-13(12)18-14/h1-7H,8,16H2,(H,17,18). The molecule has 3 rings (SSSR count). The summed E-state index contributed by atoms with van der Waals surface area (Å²) in [6.45, 7) is 0.490. The zero-order valence-corrected chi connectivity index (χ0v) is 9.65. The number of halogens is 1. The largest absolute Gasteiger partial charge is 0.338 e. The molecule has 0 bridgehead atoms. The number of rotatable bonds is 2. The fraction of sp³-hybridized carbons (Fsp3) is 0.0714. The predicted octanol–water partition coefficient (Wildman–Crippen LogP) is 2.83. The lowest BCUT2D eigenvalue weighted by Crippen LogP contribution is -1.95. The molecule has 0 spiro atoms. The number of imidazole rings is 1. The molecule has 0 aliphatic rings. The quantitative estimate of drug-likeness (QED) is 0.724. The van der Waals surface area contributed by atoms with E-state index in [0.29, 0.717) is 12.4 Å². The van der Waals surface area contributed by atoms with Gasteiger partial charge in [-0.05, 0) is 29.8 Å². The number of H-pyrrole nitrogens is 1. The first-order valence-electron chi connectivity index (χ1n) is 5.71. The van der Waals surface area contributed by atoms with Crippen molar-refractivity contribution in [3.05, 3.63) is 53.8 Å². The molecule has 0 fully saturated rings. The van der Waals surface area contributed by atoms with Gasteiger partial charge in [-0.2, -0.15) is 0 Å². The van der Waals surface area contributed by atoms with Crippen molar-refractivity contribution in [1.29, 1.82) is 0 Å². The van der Waals surface area contributed by atoms with Crippen LogP contribution in [-0.2, 0) is 6.54 Å². The molecule has 0 amide bonds. The van der Waals surface area contributed by atoms with Gasteiger partial charge in [-0.1, -0.05) is 18.2 Å². The van der Waals surface area contributed by atoms with Gasteiger partial charge in [0.05, 0.1) is 11.0 Å². The van der Waals surface area contributed by atoms with Crippen LogP contribution in [0.25, 0.3) is 22.4 Å². The second kappa shape index (κ2) is 4.23. The highest BCUT2D eigenvalue weighted by atomic mass is 19.1. The van der Waals surface area contributed by atoms with Crippen LogP contribution in [0.5, 0.6) is 0 Å². The van der Waals surface area contributed by atoms with E-state index < -0.39 is 0 Å². The molecule has 0 saturated carbocycles. The minimum absolute atomic E-state index is 0.268. The molecule has 0 atom stereocenters. The van der Waals surface area contributed by atoms with Crippen molar-refractivity contribution in [3.8, 4) is 11.4 Å². The Kier molecular flexibility index (Phi) is 2.57. The zero-order valence-electron chi connectivity index (χ0n) is 9.65. The number of benzene rings is 2. The summed E-state index contributed by atoms with van der Waals surface area (Å²) in [5.41, 5.74) is 9.14. The summed E-state index contributed by atoms with van der Waals surface area (Å²) in [6.07, 6.45) is 0. The summed E-state index contributed by atoms with van der Waals surface area (Å²) < 4.78 is 13.2. The molecule has 3 aromatic rings. The maximum absolute atomic E-state index is 13.2. The molecule has 0 saturated heterocycles. The maximum Gasteiger partial charge on any atom is 0.138 e. The van der Waals surface area contributed by atoms with Crippen LogP contribution in [0.3, 0.4) is 0 Å². The van der Waals surface area contributed by atoms with Gasteiger partial charge in [0.2, 0.25) is 0 Å². The molecule has 0 aliphatic carbocycles. The predicted molar refractivity (Wildman–Crippen MR) is 69.4 cm³/mol. The van der Waals surface area contributed by atoms with Crippen LogP contribution in [0.4, 0.5) is 4.39 Å². The Morgan fingerprint density at radius 3 is 2.83 bits per heavy atom. The van der Waals surface area contributed by atoms with Crippen LogP contribution >= 0.6 is 0 Å². The highest BCUT2D eigenvalue weighted by Gasteiger charge is 2.06. The van der Waals surface area contributed by atoms with Gasteiger partial charge in [0.25, 0.3) is 0 Å². The minimum atomic E-state index is -0.268. The van der Waals surface area contributed by atoms with Gasteiger partial charge in [0.15, 0.2) is 0 Å². The summed E-state index contributed by atoms with van der Waals surface area (Å²) in [7, 11) is 0. The lowest BCUT2D eigenvalue weighted by Gasteiger charge is -1.95. The first-order chi connectivity index (χ1) is 8.76. The van der Waals surface area contributed by atoms with E-state index in [1.165, 1.54) is 12.1 Å². The third-order valence-electron chi connectivity index (χ3n) is 2.88. The summed E-state index contributed by atoms with van der Waals surface area (Å²) in [4.78, 5) is 7.62. The maximum atomic E-state index is 13.2. The SMILES string of the molecule is NCc1ccc2nc(-c3cccc(F)c3)[nH]c2c1. The van der Waals surface area contributed by atoms with Gasteiger partial charge in [0, 0.05) is 12.1 Å². The molecule has 1 heterocycles. The molecule has 0 aliphatic heterocycles. The number of nitrogens with zero attached hydrogens (tertiary/aromatic N) is 1. The molecule has 3 nitrogen and oxygen atoms in total. The lowest BCUT2D eigenvalue weighted by atomic mass is 10.2. The Labute approximate surface area is 103 Å². The van der Waals surface area contributed by atoms with Gasteiger partial charge in [0.1, 0.15) is 11.6 Å². The second-order valence-electron chi connectivity index (χ2n) is 4.15. The fourth-order valence-corrected chi connectivity index (χ4v) is 1.96. The first-order valence-corrected chi connectivity index (χ1v) is 5.71. The highest BCUT2D eigenvalue weighted by Crippen LogP contribution is 2.21. The Hall–Kier alpha value is -2.20. The highest BCUT2D eigenvalue weighted by molar-refractivity contribution is 5.80. The van der Waals surface area contributed by atoms with E-state index in [0.717, 1.165) is 22.2 Å². The van der Waals surface area contributed by atoms with Crippen molar-refractivity contribution in [2.24, 2.45) is 5.73 Å². The monoisotopic (exact) mass is 241 g/mol. The number of nitrogens with two attached hydrogens (primary N) is 1. The number of aromatic amines is 1. The number of hydrogen-bond donors (Lipinski definition) is 2. The van der Waals surface area contributed by atoms with Gasteiger partial charge < -0.3 is 10.7 Å². The van der Waals surface area contributed by atoms with E-state index in [2.05, 4.69) is 9.97 Å². The average molecular weight is 241 g/mol. The van der Waals surface area contributed by atoms with E-state index >= 15 is 0 Å². The third kappa shape index (κ3) is 1.87. The van der Waals surface area contributed by atoms with Gasteiger partial charge in [-0.15, -0.1) is 0 Å². The Morgan fingerprint density at radius 1 is 1.17 bits per heavy atom. The molecule has 90 valence electrons. The Morgan fingerprint density at radius 2 is 2.06 bits per heavy atom. The van der Waals surface area contributed by atoms with Gasteiger partial charge >= 0.3 is 0 Å². The zero-order chi connectivity index (χ0) is 12.5. The molecule has 0 unspecified atom stereocenters. The topological polar surface area (TPSA) is 54.7 Å². The lowest BCUT2D eigenvalue weighted by molar-refractivity contribution is 0.628. The van der Waals surface area contributed by atoms with Crippen LogP contribution in [-0.4, -0.2) is 9.97 Å². The Balaban J connectivity index is 2.13. The van der Waals surface area contributed by atoms with Crippen LogP contribution in [0.15, 0.2) is 42.5 Å². The molecule has 0 radical (unpaired) electrons. The summed E-state index contributed by atoms with van der Waals surface area (Å²) in [5.74, 6) is 0.397. The van der Waals surface area contributed by atoms with Crippen molar-refractivity contribution < 1.29 is 4.39 Å². The average Bonchev–Trinajstić information content (AvgIpc) is 2.81. The summed E-state index contributed by atoms with van der Waals surface area (Å²) in [6, 6.07) is 12.2. The normalized spacial score (nSPS) is 11.0. The smallest absolute Gasteiger partial charge is 0.138 e. The van der Waals surface area contributed by atoms with Crippen molar-refractivity contribution in [1.82, 2.24) is 9.97 Å². The fourth-order valence-electron chi connectivity index (χ4n) is 1.96. The number of fused-ring (bicyclic) bond motifs is 1. The van der Waals surface area contributed by atoms with E-state index in [-0.39, 0.29) is 5.82 Å². The van der Waals surface area contributed by atoms with E-state index in [4.69, 9.17) is 5.73 Å².